The summed E-state index contributed by atoms with van der Waals surface area (Å²) in [6.45, 7) is 2.52. The summed E-state index contributed by atoms with van der Waals surface area (Å²) in [6, 6.07) is 3.53. The molecular weight excluding hydrogens is 567 g/mol. The zero-order valence-electron chi connectivity index (χ0n) is 23.9. The van der Waals surface area contributed by atoms with Crippen molar-refractivity contribution in [3.05, 3.63) is 41.5 Å². The third-order valence-electron chi connectivity index (χ3n) is 6.22. The molecule has 43 heavy (non-hydrogen) atoms. The minimum atomic E-state index is -3.65. The number of hydrogen-bond donors (Lipinski definition) is 8. The number of nitrogens with zero attached hydrogens (tertiary/aromatic N) is 3. The quantitative estimate of drug-likeness (QED) is 0.0643. The number of ether oxygens (including phenoxy) is 1. The first-order valence-electron chi connectivity index (χ1n) is 13.4. The van der Waals surface area contributed by atoms with Crippen LogP contribution in [-0.2, 0) is 16.6 Å². The number of aliphatic imine (C=N–C) groups is 1. The number of methoxy groups -OCH3 is 1. The van der Waals surface area contributed by atoms with Gasteiger partial charge in [0.2, 0.25) is 0 Å². The Bertz CT molecular complexity index is 1460. The van der Waals surface area contributed by atoms with Crippen molar-refractivity contribution in [1.29, 1.82) is 5.41 Å². The lowest BCUT2D eigenvalue weighted by Crippen LogP contribution is -2.51. The Balaban J connectivity index is 2.01. The molecule has 0 bridgehead atoms. The van der Waals surface area contributed by atoms with Gasteiger partial charge in [0.1, 0.15) is 23.1 Å². The number of unbranched alkanes of at least 4 members (excludes halogenated alkanes) is 2. The molecule has 3 amide bonds. The van der Waals surface area contributed by atoms with E-state index in [1.807, 2.05) is 6.92 Å². The molecule has 1 fully saturated rings. The molecule has 1 saturated carbocycles. The Morgan fingerprint density at radius 3 is 2.56 bits per heavy atom. The first kappa shape index (κ1) is 32.8. The highest BCUT2D eigenvalue weighted by molar-refractivity contribution is 6.45. The summed E-state index contributed by atoms with van der Waals surface area (Å²) in [7, 11) is 2.82. The monoisotopic (exact) mass is 602 g/mol. The number of nitrogens with two attached hydrogens (primary N) is 1. The van der Waals surface area contributed by atoms with Crippen molar-refractivity contribution in [2.24, 2.45) is 23.7 Å². The van der Waals surface area contributed by atoms with Crippen LogP contribution in [0.1, 0.15) is 49.5 Å². The average molecular weight is 603 g/mol. The van der Waals surface area contributed by atoms with Crippen molar-refractivity contribution in [2.45, 2.75) is 45.1 Å². The van der Waals surface area contributed by atoms with Crippen LogP contribution >= 0.6 is 0 Å². The number of halogens is 1. The maximum absolute atomic E-state index is 14.9. The van der Waals surface area contributed by atoms with Gasteiger partial charge in [-0.1, -0.05) is 19.8 Å². The number of rotatable bonds is 14. The van der Waals surface area contributed by atoms with E-state index in [2.05, 4.69) is 20.7 Å². The van der Waals surface area contributed by atoms with Gasteiger partial charge in [-0.2, -0.15) is 10.1 Å². The Labute approximate surface area is 246 Å². The Kier molecular flexibility index (Phi) is 10.7. The minimum Gasteiger partial charge on any atom is -0.494 e. The molecule has 232 valence electrons. The van der Waals surface area contributed by atoms with Gasteiger partial charge in [-0.25, -0.2) is 4.39 Å². The van der Waals surface area contributed by atoms with Crippen molar-refractivity contribution in [1.82, 2.24) is 20.4 Å². The topological polar surface area (TPSA) is 237 Å². The molecule has 15 nitrogen and oxygen atoms in total. The summed E-state index contributed by atoms with van der Waals surface area (Å²) in [5, 5.41) is 46.8. The van der Waals surface area contributed by atoms with Gasteiger partial charge in [0.05, 0.1) is 24.2 Å². The smallest absolute Gasteiger partial charge is 0.369 e. The van der Waals surface area contributed by atoms with Gasteiger partial charge in [0, 0.05) is 37.2 Å². The lowest BCUT2D eigenvalue weighted by molar-refractivity contribution is -0.325. The van der Waals surface area contributed by atoms with Crippen LogP contribution in [0.2, 0.25) is 0 Å². The van der Waals surface area contributed by atoms with E-state index in [1.54, 1.807) is 7.05 Å². The van der Waals surface area contributed by atoms with Crippen molar-refractivity contribution >= 4 is 35.0 Å². The number of carbonyl (C=O) groups excluding carboxylic acids is 3. The highest BCUT2D eigenvalue weighted by Crippen LogP contribution is 2.38. The number of hydrogen-bond acceptors (Lipinski definition) is 10. The second-order valence-corrected chi connectivity index (χ2v) is 9.83. The summed E-state index contributed by atoms with van der Waals surface area (Å²) in [5.41, 5.74) is 4.71. The van der Waals surface area contributed by atoms with Gasteiger partial charge < -0.3 is 36.4 Å². The standard InChI is InChI=1S/C27H35FN8O7/c1-4-5-6-9-31-25(38)20-12-17(35-36(20)2)16-10-15(28)11-19(23(16)43-3)32-18(22(30)26(39)34-27(40,41)42)13-21(29)33-24(37)14-7-8-14/h10-14,30,32,40-42H,4-9H2,1-3H3,(H,31,38)(H,34,39)(H2,29,33,37)/b18-13+,30-22?. The second kappa shape index (κ2) is 14.0. The summed E-state index contributed by atoms with van der Waals surface area (Å²) in [5.74, 6) is -3.86. The molecule has 1 aromatic carbocycles. The molecule has 0 unspecified atom stereocenters. The van der Waals surface area contributed by atoms with E-state index in [0.717, 1.165) is 37.5 Å². The van der Waals surface area contributed by atoms with Crippen molar-refractivity contribution in [3.63, 3.8) is 0 Å². The predicted molar refractivity (Wildman–Crippen MR) is 153 cm³/mol. The average Bonchev–Trinajstić information content (AvgIpc) is 3.70. The number of anilines is 1. The lowest BCUT2D eigenvalue weighted by Gasteiger charge is -2.19. The van der Waals surface area contributed by atoms with Gasteiger partial charge >= 0.3 is 6.10 Å². The van der Waals surface area contributed by atoms with Crippen LogP contribution in [0.15, 0.2) is 35.0 Å². The van der Waals surface area contributed by atoms with Crippen LogP contribution < -0.4 is 26.4 Å². The van der Waals surface area contributed by atoms with Gasteiger partial charge in [-0.15, -0.1) is 0 Å². The Morgan fingerprint density at radius 1 is 1.26 bits per heavy atom. The summed E-state index contributed by atoms with van der Waals surface area (Å²) in [6.07, 6.45) is 1.33. The van der Waals surface area contributed by atoms with Crippen LogP contribution in [0.3, 0.4) is 0 Å². The van der Waals surface area contributed by atoms with E-state index in [1.165, 1.54) is 23.2 Å². The number of carbonyl (C=O) groups is 3. The number of amides is 3. The first-order valence-corrected chi connectivity index (χ1v) is 13.4. The maximum Gasteiger partial charge on any atom is 0.369 e. The number of aromatic nitrogens is 2. The summed E-state index contributed by atoms with van der Waals surface area (Å²) < 4.78 is 21.8. The number of nitrogens with one attached hydrogen (secondary N) is 4. The third-order valence-corrected chi connectivity index (χ3v) is 6.22. The molecule has 0 spiro atoms. The fourth-order valence-corrected chi connectivity index (χ4v) is 3.96. The number of amidine groups is 1. The molecule has 0 saturated heterocycles. The van der Waals surface area contributed by atoms with E-state index in [0.29, 0.717) is 19.4 Å². The zero-order valence-corrected chi connectivity index (χ0v) is 23.9. The van der Waals surface area contributed by atoms with Gasteiger partial charge in [-0.05, 0) is 31.4 Å². The van der Waals surface area contributed by atoms with Crippen molar-refractivity contribution in [3.8, 4) is 17.0 Å². The van der Waals surface area contributed by atoms with E-state index in [-0.39, 0.29) is 40.2 Å². The molecule has 2 aromatic rings. The zero-order chi connectivity index (χ0) is 31.9. The fraction of sp³-hybridized carbons (Fsp3) is 0.407. The van der Waals surface area contributed by atoms with E-state index in [9.17, 15) is 18.8 Å². The maximum atomic E-state index is 14.9. The normalized spacial score (nSPS) is 13.8. The molecule has 0 atom stereocenters. The molecule has 3 rings (SSSR count). The molecule has 1 aliphatic carbocycles. The van der Waals surface area contributed by atoms with Crippen LogP contribution in [0.5, 0.6) is 5.75 Å². The molecular formula is C27H35FN8O7. The SMILES string of the molecule is CCCCCNC(=O)c1cc(-c2cc(F)cc(N/C(=C/C(N)=NC(=O)C3CC3)C(=N)C(=O)NC(O)(O)O)c2OC)nn1C. The first-order chi connectivity index (χ1) is 20.2. The molecule has 16 heteroatoms. The molecule has 0 radical (unpaired) electrons. The number of aryl methyl sites for hydroxylation is 1. The van der Waals surface area contributed by atoms with E-state index >= 15 is 0 Å². The van der Waals surface area contributed by atoms with Gasteiger partial charge in [-0.3, -0.25) is 29.8 Å². The number of benzene rings is 1. The Hall–Kier alpha value is -4.67. The van der Waals surface area contributed by atoms with Crippen molar-refractivity contribution < 1.29 is 38.8 Å². The second-order valence-electron chi connectivity index (χ2n) is 9.83. The molecule has 1 aliphatic rings. The van der Waals surface area contributed by atoms with Crippen molar-refractivity contribution in [2.75, 3.05) is 19.0 Å². The summed E-state index contributed by atoms with van der Waals surface area (Å²) >= 11 is 0. The number of aliphatic hydroxyl groups is 3. The minimum absolute atomic E-state index is 0.0149. The van der Waals surface area contributed by atoms with Crippen LogP contribution in [-0.4, -0.2) is 74.1 Å². The lowest BCUT2D eigenvalue weighted by atomic mass is 10.1. The fourth-order valence-electron chi connectivity index (χ4n) is 3.96. The van der Waals surface area contributed by atoms with E-state index in [4.69, 9.17) is 31.2 Å². The van der Waals surface area contributed by atoms with Gasteiger partial charge in [0.15, 0.2) is 5.75 Å². The molecule has 9 N–H and O–H groups in total. The molecule has 1 heterocycles. The van der Waals surface area contributed by atoms with Gasteiger partial charge in [0.25, 0.3) is 17.7 Å². The highest BCUT2D eigenvalue weighted by Gasteiger charge is 2.30. The Morgan fingerprint density at radius 2 is 1.95 bits per heavy atom. The molecule has 0 aliphatic heterocycles. The van der Waals surface area contributed by atoms with Crippen LogP contribution in [0, 0.1) is 17.1 Å². The van der Waals surface area contributed by atoms with Crippen LogP contribution in [0.25, 0.3) is 11.3 Å². The highest BCUT2D eigenvalue weighted by atomic mass is 19.1. The predicted octanol–water partition coefficient (Wildman–Crippen LogP) is 0.469. The van der Waals surface area contributed by atoms with E-state index < -0.39 is 41.0 Å². The molecule has 1 aromatic heterocycles. The van der Waals surface area contributed by atoms with Crippen LogP contribution in [0.4, 0.5) is 10.1 Å². The largest absolute Gasteiger partial charge is 0.494 e. The third kappa shape index (κ3) is 9.16. The summed E-state index contributed by atoms with van der Waals surface area (Å²) in [4.78, 5) is 41.0.